The first-order valence-corrected chi connectivity index (χ1v) is 7.99. The average molecular weight is 340 g/mol. The van der Waals surface area contributed by atoms with Crippen LogP contribution in [-0.2, 0) is 19.6 Å². The van der Waals surface area contributed by atoms with Gasteiger partial charge in [-0.3, -0.25) is 19.4 Å². The number of hydrogen-bond donors (Lipinski definition) is 2. The van der Waals surface area contributed by atoms with Crippen molar-refractivity contribution < 1.29 is 22.8 Å². The number of urea groups is 1. The summed E-state index contributed by atoms with van der Waals surface area (Å²) in [5, 5.41) is 0. The summed E-state index contributed by atoms with van der Waals surface area (Å²) in [5.74, 6) is -1.91. The van der Waals surface area contributed by atoms with Crippen molar-refractivity contribution in [2.24, 2.45) is 0 Å². The van der Waals surface area contributed by atoms with E-state index in [0.29, 0.717) is 15.5 Å². The van der Waals surface area contributed by atoms with Gasteiger partial charge in [0.2, 0.25) is 10.0 Å². The quantitative estimate of drug-likeness (QED) is 0.556. The molecule has 1 aliphatic rings. The Labute approximate surface area is 133 Å². The Morgan fingerprint density at radius 1 is 1.00 bits per heavy atom. The topological polar surface area (TPSA) is 130 Å². The zero-order valence-corrected chi connectivity index (χ0v) is 13.5. The Bertz CT molecular complexity index is 763. The summed E-state index contributed by atoms with van der Waals surface area (Å²) in [5.41, 5.74) is 3.75. The van der Waals surface area contributed by atoms with Crippen molar-refractivity contribution in [3.63, 3.8) is 0 Å². The second kappa shape index (κ2) is 5.32. The van der Waals surface area contributed by atoms with Crippen molar-refractivity contribution in [2.75, 3.05) is 19.8 Å². The molecular weight excluding hydrogens is 324 g/mol. The van der Waals surface area contributed by atoms with Crippen LogP contribution in [0.15, 0.2) is 29.2 Å². The van der Waals surface area contributed by atoms with Crippen LogP contribution < -0.4 is 10.5 Å². The number of amides is 4. The first kappa shape index (κ1) is 16.9. The number of hydrogen-bond acceptors (Lipinski definition) is 6. The SMILES string of the molecule is CN1C(=O)N(C)C(=O)C(C)(NS(=O)(=O)c2ccc(N)cc2)C1=O. The Morgan fingerprint density at radius 2 is 1.43 bits per heavy atom. The van der Waals surface area contributed by atoms with E-state index in [-0.39, 0.29) is 4.90 Å². The van der Waals surface area contributed by atoms with Gasteiger partial charge in [-0.1, -0.05) is 0 Å². The molecule has 0 aliphatic carbocycles. The fourth-order valence-electron chi connectivity index (χ4n) is 2.22. The maximum Gasteiger partial charge on any atom is 0.332 e. The molecule has 1 aliphatic heterocycles. The number of anilines is 1. The molecule has 1 saturated heterocycles. The molecule has 0 unspecified atom stereocenters. The molecule has 0 radical (unpaired) electrons. The summed E-state index contributed by atoms with van der Waals surface area (Å²) in [4.78, 5) is 37.5. The first-order valence-electron chi connectivity index (χ1n) is 6.50. The fourth-order valence-corrected chi connectivity index (χ4v) is 3.55. The molecule has 4 amide bonds. The van der Waals surface area contributed by atoms with Gasteiger partial charge in [-0.25, -0.2) is 13.2 Å². The number of nitrogens with two attached hydrogens (primary N) is 1. The van der Waals surface area contributed by atoms with Crippen molar-refractivity contribution in [1.29, 1.82) is 0 Å². The molecule has 1 fully saturated rings. The number of rotatable bonds is 3. The third-order valence-electron chi connectivity index (χ3n) is 3.57. The van der Waals surface area contributed by atoms with Gasteiger partial charge in [0.05, 0.1) is 4.90 Å². The Morgan fingerprint density at radius 3 is 1.87 bits per heavy atom. The molecule has 0 spiro atoms. The molecule has 1 heterocycles. The molecule has 2 rings (SSSR count). The van der Waals surface area contributed by atoms with Crippen molar-refractivity contribution in [3.8, 4) is 0 Å². The Kier molecular flexibility index (Phi) is 3.91. The zero-order chi connectivity index (χ0) is 17.6. The lowest BCUT2D eigenvalue weighted by atomic mass is 9.98. The summed E-state index contributed by atoms with van der Waals surface area (Å²) < 4.78 is 26.9. The molecule has 23 heavy (non-hydrogen) atoms. The Balaban J connectivity index is 2.43. The van der Waals surface area contributed by atoms with E-state index in [1.807, 2.05) is 0 Å². The molecule has 3 N–H and O–H groups in total. The highest BCUT2D eigenvalue weighted by Gasteiger charge is 2.54. The maximum atomic E-state index is 12.4. The van der Waals surface area contributed by atoms with Gasteiger partial charge in [-0.15, -0.1) is 0 Å². The minimum Gasteiger partial charge on any atom is -0.399 e. The van der Waals surface area contributed by atoms with E-state index in [4.69, 9.17) is 5.73 Å². The molecule has 9 nitrogen and oxygen atoms in total. The van der Waals surface area contributed by atoms with E-state index in [2.05, 4.69) is 4.72 Å². The van der Waals surface area contributed by atoms with Crippen LogP contribution in [0.1, 0.15) is 6.92 Å². The molecule has 0 atom stereocenters. The summed E-state index contributed by atoms with van der Waals surface area (Å²) in [7, 11) is -1.84. The molecule has 0 saturated carbocycles. The van der Waals surface area contributed by atoms with Crippen LogP contribution in [0.2, 0.25) is 0 Å². The van der Waals surface area contributed by atoms with E-state index < -0.39 is 33.4 Å². The smallest absolute Gasteiger partial charge is 0.332 e. The number of nitrogens with one attached hydrogen (secondary N) is 1. The molecule has 1 aromatic carbocycles. The highest BCUT2D eigenvalue weighted by atomic mass is 32.2. The third kappa shape index (κ3) is 2.66. The normalized spacial score (nSPS) is 18.5. The van der Waals surface area contributed by atoms with Crippen LogP contribution in [0.5, 0.6) is 0 Å². The van der Waals surface area contributed by atoms with Crippen LogP contribution in [-0.4, -0.2) is 55.7 Å². The molecular formula is C13H16N4O5S. The number of likely N-dealkylation sites (N-methyl/N-ethyl adjacent to an activating group) is 2. The zero-order valence-electron chi connectivity index (χ0n) is 12.7. The molecule has 124 valence electrons. The average Bonchev–Trinajstić information content (AvgIpc) is 2.50. The van der Waals surface area contributed by atoms with Crippen molar-refractivity contribution in [2.45, 2.75) is 17.4 Å². The summed E-state index contributed by atoms with van der Waals surface area (Å²) in [6.45, 7) is 1.12. The predicted octanol–water partition coefficient (Wildman–Crippen LogP) is -0.644. The fraction of sp³-hybridized carbons (Fsp3) is 0.308. The van der Waals surface area contributed by atoms with Gasteiger partial charge < -0.3 is 5.73 Å². The lowest BCUT2D eigenvalue weighted by Crippen LogP contribution is -2.71. The van der Waals surface area contributed by atoms with Gasteiger partial charge in [0.15, 0.2) is 5.54 Å². The minimum atomic E-state index is -4.18. The maximum absolute atomic E-state index is 12.4. The highest BCUT2D eigenvalue weighted by Crippen LogP contribution is 2.22. The Hall–Kier alpha value is -2.46. The summed E-state index contributed by atoms with van der Waals surface area (Å²) in [6, 6.07) is 4.42. The number of nitrogen functional groups attached to an aromatic ring is 1. The molecule has 0 bridgehead atoms. The van der Waals surface area contributed by atoms with Gasteiger partial charge >= 0.3 is 6.03 Å². The lowest BCUT2D eigenvalue weighted by molar-refractivity contribution is -0.149. The van der Waals surface area contributed by atoms with Crippen LogP contribution >= 0.6 is 0 Å². The van der Waals surface area contributed by atoms with Gasteiger partial charge in [0.1, 0.15) is 0 Å². The van der Waals surface area contributed by atoms with Crippen molar-refractivity contribution in [1.82, 2.24) is 14.5 Å². The second-order valence-electron chi connectivity index (χ2n) is 5.31. The summed E-state index contributed by atoms with van der Waals surface area (Å²) >= 11 is 0. The van der Waals surface area contributed by atoms with Gasteiger partial charge in [0.25, 0.3) is 11.8 Å². The summed E-state index contributed by atoms with van der Waals surface area (Å²) in [6.07, 6.45) is 0. The lowest BCUT2D eigenvalue weighted by Gasteiger charge is -2.39. The van der Waals surface area contributed by atoms with Crippen LogP contribution in [0, 0.1) is 0 Å². The van der Waals surface area contributed by atoms with Gasteiger partial charge in [0, 0.05) is 19.8 Å². The standard InChI is InChI=1S/C13H16N4O5S/c1-13(10(18)16(2)12(20)17(3)11(13)19)15-23(21,22)9-6-4-8(14)5-7-9/h4-7,15H,14H2,1-3H3. The molecule has 0 aromatic heterocycles. The van der Waals surface area contributed by atoms with Gasteiger partial charge in [-0.2, -0.15) is 4.72 Å². The van der Waals surface area contributed by atoms with Crippen molar-refractivity contribution in [3.05, 3.63) is 24.3 Å². The highest BCUT2D eigenvalue weighted by molar-refractivity contribution is 7.89. The van der Waals surface area contributed by atoms with E-state index >= 15 is 0 Å². The number of benzene rings is 1. The predicted molar refractivity (Wildman–Crippen MR) is 80.5 cm³/mol. The number of barbiturate groups is 1. The van der Waals surface area contributed by atoms with E-state index in [9.17, 15) is 22.8 Å². The van der Waals surface area contributed by atoms with Crippen LogP contribution in [0.4, 0.5) is 10.5 Å². The number of sulfonamides is 1. The molecule has 10 heteroatoms. The van der Waals surface area contributed by atoms with E-state index in [0.717, 1.165) is 6.92 Å². The van der Waals surface area contributed by atoms with E-state index in [1.54, 1.807) is 0 Å². The minimum absolute atomic E-state index is 0.157. The monoisotopic (exact) mass is 340 g/mol. The second-order valence-corrected chi connectivity index (χ2v) is 6.99. The largest absolute Gasteiger partial charge is 0.399 e. The number of imide groups is 2. The van der Waals surface area contributed by atoms with E-state index in [1.165, 1.54) is 38.4 Å². The number of carbonyl (C=O) groups is 3. The van der Waals surface area contributed by atoms with Gasteiger partial charge in [-0.05, 0) is 31.2 Å². The number of carbonyl (C=O) groups excluding carboxylic acids is 3. The van der Waals surface area contributed by atoms with Crippen molar-refractivity contribution >= 4 is 33.6 Å². The first-order chi connectivity index (χ1) is 10.5. The van der Waals surface area contributed by atoms with Crippen LogP contribution in [0.3, 0.4) is 0 Å². The third-order valence-corrected chi connectivity index (χ3v) is 5.14. The number of nitrogens with zero attached hydrogens (tertiary/aromatic N) is 2. The van der Waals surface area contributed by atoms with Crippen LogP contribution in [0.25, 0.3) is 0 Å². The molecule has 1 aromatic rings.